The van der Waals surface area contributed by atoms with E-state index in [9.17, 15) is 13.2 Å². The van der Waals surface area contributed by atoms with Gasteiger partial charge >= 0.3 is 0 Å². The molecule has 0 aromatic heterocycles. The number of carbonyl (C=O) groups excluding carboxylic acids is 1. The van der Waals surface area contributed by atoms with Crippen LogP contribution in [0.25, 0.3) is 0 Å². The quantitative estimate of drug-likeness (QED) is 0.535. The van der Waals surface area contributed by atoms with Crippen LogP contribution in [-0.2, 0) is 20.6 Å². The maximum Gasteiger partial charge on any atom is 0.223 e. The summed E-state index contributed by atoms with van der Waals surface area (Å²) in [6.07, 6.45) is 1.04. The van der Waals surface area contributed by atoms with E-state index in [2.05, 4.69) is 17.4 Å². The number of benzene rings is 3. The van der Waals surface area contributed by atoms with E-state index in [0.29, 0.717) is 25.9 Å². The molecule has 1 N–H and O–H groups in total. The molecule has 0 radical (unpaired) electrons. The number of amides is 1. The monoisotopic (exact) mass is 476 g/mol. The molecular weight excluding hydrogens is 444 g/mol. The van der Waals surface area contributed by atoms with Gasteiger partial charge in [0, 0.05) is 19.0 Å². The number of nitrogens with zero attached hydrogens (tertiary/aromatic N) is 1. The summed E-state index contributed by atoms with van der Waals surface area (Å²) < 4.78 is 27.5. The van der Waals surface area contributed by atoms with Gasteiger partial charge in [-0.05, 0) is 48.9 Å². The number of hydrogen-bond donors (Lipinski definition) is 1. The number of piperidine rings is 1. The SMILES string of the molecule is Cc1ccc([C@H](NC(=O)C2CCN(S(=O)(=O)Cc3ccccc3C)CC2)c2ccccc2)cc1. The molecule has 3 aromatic rings. The van der Waals surface area contributed by atoms with Crippen molar-refractivity contribution in [2.45, 2.75) is 38.5 Å². The zero-order chi connectivity index (χ0) is 24.1. The molecule has 6 heteroatoms. The molecule has 1 saturated heterocycles. The molecule has 3 aromatic carbocycles. The Morgan fingerprint density at radius 2 is 1.47 bits per heavy atom. The van der Waals surface area contributed by atoms with E-state index < -0.39 is 10.0 Å². The van der Waals surface area contributed by atoms with Crippen molar-refractivity contribution in [1.29, 1.82) is 0 Å². The fourth-order valence-corrected chi connectivity index (χ4v) is 6.15. The Hall–Kier alpha value is -2.96. The molecule has 1 aliphatic heterocycles. The molecule has 4 rings (SSSR count). The van der Waals surface area contributed by atoms with Crippen LogP contribution in [0.15, 0.2) is 78.9 Å². The highest BCUT2D eigenvalue weighted by molar-refractivity contribution is 7.88. The maximum atomic E-state index is 13.2. The van der Waals surface area contributed by atoms with Crippen molar-refractivity contribution < 1.29 is 13.2 Å². The van der Waals surface area contributed by atoms with Crippen molar-refractivity contribution in [2.24, 2.45) is 5.92 Å². The summed E-state index contributed by atoms with van der Waals surface area (Å²) in [6, 6.07) is 25.5. The van der Waals surface area contributed by atoms with E-state index in [1.807, 2.05) is 80.6 Å². The Labute approximate surface area is 202 Å². The van der Waals surface area contributed by atoms with Crippen molar-refractivity contribution in [3.8, 4) is 0 Å². The van der Waals surface area contributed by atoms with Crippen LogP contribution in [0.4, 0.5) is 0 Å². The topological polar surface area (TPSA) is 66.5 Å². The first-order valence-electron chi connectivity index (χ1n) is 11.8. The van der Waals surface area contributed by atoms with Gasteiger partial charge in [-0.3, -0.25) is 4.79 Å². The lowest BCUT2D eigenvalue weighted by Crippen LogP contribution is -2.44. The molecule has 178 valence electrons. The Balaban J connectivity index is 1.42. The van der Waals surface area contributed by atoms with E-state index in [1.54, 1.807) is 0 Å². The number of aryl methyl sites for hydroxylation is 2. The van der Waals surface area contributed by atoms with Crippen LogP contribution in [0.2, 0.25) is 0 Å². The minimum atomic E-state index is -3.42. The first-order chi connectivity index (χ1) is 16.3. The van der Waals surface area contributed by atoms with Gasteiger partial charge < -0.3 is 5.32 Å². The van der Waals surface area contributed by atoms with Gasteiger partial charge in [-0.1, -0.05) is 84.4 Å². The zero-order valence-corrected chi connectivity index (χ0v) is 20.6. The van der Waals surface area contributed by atoms with Gasteiger partial charge in [-0.2, -0.15) is 0 Å². The second kappa shape index (κ2) is 10.5. The zero-order valence-electron chi connectivity index (χ0n) is 19.8. The average molecular weight is 477 g/mol. The summed E-state index contributed by atoms with van der Waals surface area (Å²) in [5.41, 5.74) is 5.03. The molecule has 1 atom stereocenters. The van der Waals surface area contributed by atoms with Crippen LogP contribution in [0.3, 0.4) is 0 Å². The maximum absolute atomic E-state index is 13.2. The number of hydrogen-bond acceptors (Lipinski definition) is 3. The summed E-state index contributed by atoms with van der Waals surface area (Å²) in [5.74, 6) is -0.230. The standard InChI is InChI=1S/C28H32N2O3S/c1-21-12-14-24(15-13-21)27(23-9-4-3-5-10-23)29-28(31)25-16-18-30(19-17-25)34(32,33)20-26-11-7-6-8-22(26)2/h3-15,25,27H,16-20H2,1-2H3,(H,29,31)/t27-/m1/s1. The molecular formula is C28H32N2O3S. The third-order valence-electron chi connectivity index (χ3n) is 6.65. The Bertz CT molecular complexity index is 1220. The lowest BCUT2D eigenvalue weighted by Gasteiger charge is -2.32. The summed E-state index contributed by atoms with van der Waals surface area (Å²) in [5, 5.41) is 3.23. The number of rotatable bonds is 7. The number of sulfonamides is 1. The molecule has 1 amide bonds. The molecule has 34 heavy (non-hydrogen) atoms. The normalized spacial score (nSPS) is 16.2. The largest absolute Gasteiger partial charge is 0.345 e. The summed E-state index contributed by atoms with van der Waals surface area (Å²) in [6.45, 7) is 4.71. The van der Waals surface area contributed by atoms with E-state index >= 15 is 0 Å². The first-order valence-corrected chi connectivity index (χ1v) is 13.4. The van der Waals surface area contributed by atoms with Gasteiger partial charge in [0.05, 0.1) is 11.8 Å². The summed E-state index contributed by atoms with van der Waals surface area (Å²) in [7, 11) is -3.42. The van der Waals surface area contributed by atoms with E-state index in [-0.39, 0.29) is 23.6 Å². The van der Waals surface area contributed by atoms with Crippen molar-refractivity contribution in [1.82, 2.24) is 9.62 Å². The molecule has 0 bridgehead atoms. The smallest absolute Gasteiger partial charge is 0.223 e. The molecule has 0 aliphatic carbocycles. The van der Waals surface area contributed by atoms with Crippen molar-refractivity contribution in [2.75, 3.05) is 13.1 Å². The van der Waals surface area contributed by atoms with Gasteiger partial charge in [0.25, 0.3) is 0 Å². The van der Waals surface area contributed by atoms with Gasteiger partial charge in [0.2, 0.25) is 15.9 Å². The highest BCUT2D eigenvalue weighted by atomic mass is 32.2. The van der Waals surface area contributed by atoms with Gasteiger partial charge in [0.1, 0.15) is 0 Å². The fourth-order valence-electron chi connectivity index (χ4n) is 4.48. The first kappa shape index (κ1) is 24.2. The summed E-state index contributed by atoms with van der Waals surface area (Å²) >= 11 is 0. The highest BCUT2D eigenvalue weighted by Gasteiger charge is 2.32. The van der Waals surface area contributed by atoms with E-state index in [1.165, 1.54) is 9.87 Å². The van der Waals surface area contributed by atoms with Gasteiger partial charge in [-0.25, -0.2) is 12.7 Å². The molecule has 1 fully saturated rings. The minimum absolute atomic E-state index is 0.0000413. The van der Waals surface area contributed by atoms with Gasteiger partial charge in [-0.15, -0.1) is 0 Å². The number of nitrogens with one attached hydrogen (secondary N) is 1. The van der Waals surface area contributed by atoms with Crippen LogP contribution in [0.1, 0.15) is 46.7 Å². The predicted octanol–water partition coefficient (Wildman–Crippen LogP) is 4.75. The van der Waals surface area contributed by atoms with Crippen LogP contribution in [0.5, 0.6) is 0 Å². The van der Waals surface area contributed by atoms with Crippen molar-refractivity contribution in [3.05, 3.63) is 107 Å². The second-order valence-corrected chi connectivity index (χ2v) is 11.1. The minimum Gasteiger partial charge on any atom is -0.345 e. The lowest BCUT2D eigenvalue weighted by molar-refractivity contribution is -0.126. The highest BCUT2D eigenvalue weighted by Crippen LogP contribution is 2.26. The third-order valence-corrected chi connectivity index (χ3v) is 8.48. The Kier molecular flexibility index (Phi) is 7.49. The molecule has 5 nitrogen and oxygen atoms in total. The van der Waals surface area contributed by atoms with Crippen molar-refractivity contribution >= 4 is 15.9 Å². The van der Waals surface area contributed by atoms with Crippen LogP contribution >= 0.6 is 0 Å². The van der Waals surface area contributed by atoms with Crippen molar-refractivity contribution in [3.63, 3.8) is 0 Å². The number of carbonyl (C=O) groups is 1. The molecule has 0 saturated carbocycles. The average Bonchev–Trinajstić information content (AvgIpc) is 2.85. The summed E-state index contributed by atoms with van der Waals surface area (Å²) in [4.78, 5) is 13.2. The Morgan fingerprint density at radius 3 is 2.12 bits per heavy atom. The van der Waals surface area contributed by atoms with E-state index in [0.717, 1.165) is 22.3 Å². The predicted molar refractivity (Wildman–Crippen MR) is 136 cm³/mol. The van der Waals surface area contributed by atoms with Gasteiger partial charge in [0.15, 0.2) is 0 Å². The fraction of sp³-hybridized carbons (Fsp3) is 0.321. The Morgan fingerprint density at radius 1 is 0.882 bits per heavy atom. The lowest BCUT2D eigenvalue weighted by atomic mass is 9.94. The molecule has 0 unspecified atom stereocenters. The molecule has 0 spiro atoms. The van der Waals surface area contributed by atoms with Crippen LogP contribution in [-0.4, -0.2) is 31.7 Å². The van der Waals surface area contributed by atoms with Crippen LogP contribution in [0, 0.1) is 19.8 Å². The molecule has 1 heterocycles. The molecule has 1 aliphatic rings. The second-order valence-electron chi connectivity index (χ2n) is 9.12. The van der Waals surface area contributed by atoms with E-state index in [4.69, 9.17) is 0 Å². The third kappa shape index (κ3) is 5.75. The van der Waals surface area contributed by atoms with Crippen LogP contribution < -0.4 is 5.32 Å².